The van der Waals surface area contributed by atoms with Gasteiger partial charge in [-0.2, -0.15) is 5.10 Å². The average molecular weight is 410 g/mol. The standard InChI is InChI=1S/C23H31N5O2/c1-17-8-10-18(11-9-17)28-20-7-4-6-19(20)22(24-28)23(30)27-13-5-12-26(14-15-27)16-21(29)25(2)3/h8-11H,4-7,12-16H2,1-3H3. The molecule has 0 saturated carbocycles. The molecular formula is C23H31N5O2. The number of carbonyl (C=O) groups excluding carboxylic acids is 2. The molecule has 0 spiro atoms. The van der Waals surface area contributed by atoms with E-state index < -0.39 is 0 Å². The quantitative estimate of drug-likeness (QED) is 0.774. The van der Waals surface area contributed by atoms with Crippen molar-refractivity contribution in [3.63, 3.8) is 0 Å². The number of benzene rings is 1. The van der Waals surface area contributed by atoms with Gasteiger partial charge in [-0.1, -0.05) is 17.7 Å². The van der Waals surface area contributed by atoms with E-state index >= 15 is 0 Å². The number of aromatic nitrogens is 2. The lowest BCUT2D eigenvalue weighted by Gasteiger charge is -2.22. The molecule has 2 aromatic rings. The Balaban J connectivity index is 1.52. The van der Waals surface area contributed by atoms with Crippen molar-refractivity contribution in [2.24, 2.45) is 0 Å². The molecule has 1 aromatic heterocycles. The highest BCUT2D eigenvalue weighted by atomic mass is 16.2. The van der Waals surface area contributed by atoms with E-state index in [1.54, 1.807) is 19.0 Å². The average Bonchev–Trinajstić information content (AvgIpc) is 3.25. The van der Waals surface area contributed by atoms with Gasteiger partial charge < -0.3 is 9.80 Å². The molecule has 160 valence electrons. The van der Waals surface area contributed by atoms with Crippen molar-refractivity contribution in [3.8, 4) is 5.69 Å². The van der Waals surface area contributed by atoms with Crippen molar-refractivity contribution >= 4 is 11.8 Å². The van der Waals surface area contributed by atoms with Crippen LogP contribution in [0, 0.1) is 6.92 Å². The van der Waals surface area contributed by atoms with Crippen molar-refractivity contribution < 1.29 is 9.59 Å². The SMILES string of the molecule is Cc1ccc(-n2nc(C(=O)N3CCCN(CC(=O)N(C)C)CC3)c3c2CCC3)cc1. The maximum atomic E-state index is 13.4. The van der Waals surface area contributed by atoms with Gasteiger partial charge in [0.25, 0.3) is 5.91 Å². The van der Waals surface area contributed by atoms with Crippen LogP contribution in [0.25, 0.3) is 5.69 Å². The molecule has 0 bridgehead atoms. The first-order chi connectivity index (χ1) is 14.4. The molecule has 4 rings (SSSR count). The molecule has 1 fully saturated rings. The van der Waals surface area contributed by atoms with Gasteiger partial charge in [-0.15, -0.1) is 0 Å². The highest BCUT2D eigenvalue weighted by molar-refractivity contribution is 5.94. The van der Waals surface area contributed by atoms with Crippen LogP contribution in [0.1, 0.15) is 40.2 Å². The fourth-order valence-electron chi connectivity index (χ4n) is 4.32. The Kier molecular flexibility index (Phi) is 5.90. The van der Waals surface area contributed by atoms with Crippen LogP contribution in [0.2, 0.25) is 0 Å². The summed E-state index contributed by atoms with van der Waals surface area (Å²) in [5.41, 5.74) is 5.13. The summed E-state index contributed by atoms with van der Waals surface area (Å²) >= 11 is 0. The van der Waals surface area contributed by atoms with Crippen LogP contribution in [0.15, 0.2) is 24.3 Å². The topological polar surface area (TPSA) is 61.7 Å². The highest BCUT2D eigenvalue weighted by Crippen LogP contribution is 2.29. The second kappa shape index (κ2) is 8.60. The number of aryl methyl sites for hydroxylation is 1. The zero-order valence-electron chi connectivity index (χ0n) is 18.2. The fraction of sp³-hybridized carbons (Fsp3) is 0.522. The largest absolute Gasteiger partial charge is 0.348 e. The summed E-state index contributed by atoms with van der Waals surface area (Å²) in [5.74, 6) is 0.129. The van der Waals surface area contributed by atoms with E-state index in [-0.39, 0.29) is 11.8 Å². The Morgan fingerprint density at radius 1 is 1.00 bits per heavy atom. The number of nitrogens with zero attached hydrogens (tertiary/aromatic N) is 5. The minimum atomic E-state index is 0.0276. The molecule has 0 atom stereocenters. The van der Waals surface area contributed by atoms with E-state index in [0.717, 1.165) is 43.5 Å². The Hall–Kier alpha value is -2.67. The Bertz CT molecular complexity index is 932. The normalized spacial score (nSPS) is 17.0. The highest BCUT2D eigenvalue weighted by Gasteiger charge is 2.30. The number of fused-ring (bicyclic) bond motifs is 1. The molecule has 2 amide bonds. The predicted molar refractivity (Wildman–Crippen MR) is 116 cm³/mol. The number of rotatable bonds is 4. The van der Waals surface area contributed by atoms with Crippen LogP contribution in [-0.2, 0) is 17.6 Å². The van der Waals surface area contributed by atoms with Crippen molar-refractivity contribution in [2.45, 2.75) is 32.6 Å². The summed E-state index contributed by atoms with van der Waals surface area (Å²) in [6.45, 7) is 5.36. The minimum Gasteiger partial charge on any atom is -0.348 e. The van der Waals surface area contributed by atoms with Crippen LogP contribution in [0.4, 0.5) is 0 Å². The molecule has 1 aliphatic heterocycles. The first-order valence-corrected chi connectivity index (χ1v) is 10.8. The lowest BCUT2D eigenvalue weighted by molar-refractivity contribution is -0.129. The maximum Gasteiger partial charge on any atom is 0.274 e. The maximum absolute atomic E-state index is 13.4. The Morgan fingerprint density at radius 2 is 1.77 bits per heavy atom. The third-order valence-electron chi connectivity index (χ3n) is 6.14. The van der Waals surface area contributed by atoms with Crippen LogP contribution in [0.5, 0.6) is 0 Å². The summed E-state index contributed by atoms with van der Waals surface area (Å²) in [7, 11) is 3.56. The third-order valence-corrected chi connectivity index (χ3v) is 6.14. The van der Waals surface area contributed by atoms with Crippen LogP contribution < -0.4 is 0 Å². The Labute approximate surface area is 178 Å². The molecule has 0 N–H and O–H groups in total. The van der Waals surface area contributed by atoms with Gasteiger partial charge in [0, 0.05) is 51.5 Å². The molecule has 7 heteroatoms. The van der Waals surface area contributed by atoms with E-state index in [1.807, 2.05) is 9.58 Å². The summed E-state index contributed by atoms with van der Waals surface area (Å²) in [6.07, 6.45) is 3.82. The first-order valence-electron chi connectivity index (χ1n) is 10.8. The number of likely N-dealkylation sites (N-methyl/N-ethyl adjacent to an activating group) is 1. The second-order valence-corrected chi connectivity index (χ2v) is 8.58. The summed E-state index contributed by atoms with van der Waals surface area (Å²) in [6, 6.07) is 8.30. The van der Waals surface area contributed by atoms with Crippen molar-refractivity contribution in [1.82, 2.24) is 24.5 Å². The van der Waals surface area contributed by atoms with E-state index in [9.17, 15) is 9.59 Å². The number of hydrogen-bond donors (Lipinski definition) is 0. The smallest absolute Gasteiger partial charge is 0.274 e. The van der Waals surface area contributed by atoms with Crippen LogP contribution >= 0.6 is 0 Å². The summed E-state index contributed by atoms with van der Waals surface area (Å²) in [4.78, 5) is 31.1. The molecule has 30 heavy (non-hydrogen) atoms. The fourth-order valence-corrected chi connectivity index (χ4v) is 4.32. The van der Waals surface area contributed by atoms with Crippen LogP contribution in [-0.4, -0.2) is 83.1 Å². The van der Waals surface area contributed by atoms with Gasteiger partial charge in [0.15, 0.2) is 5.69 Å². The third kappa shape index (κ3) is 4.12. The summed E-state index contributed by atoms with van der Waals surface area (Å²) in [5, 5.41) is 4.78. The molecule has 1 aliphatic carbocycles. The lowest BCUT2D eigenvalue weighted by Crippen LogP contribution is -2.39. The number of hydrogen-bond acceptors (Lipinski definition) is 4. The van der Waals surface area contributed by atoms with E-state index in [1.165, 1.54) is 11.3 Å². The second-order valence-electron chi connectivity index (χ2n) is 8.58. The van der Waals surface area contributed by atoms with Crippen molar-refractivity contribution in [2.75, 3.05) is 46.8 Å². The zero-order chi connectivity index (χ0) is 21.3. The molecule has 2 aliphatic rings. The molecular weight excluding hydrogens is 378 g/mol. The van der Waals surface area contributed by atoms with E-state index in [2.05, 4.69) is 36.1 Å². The molecule has 7 nitrogen and oxygen atoms in total. The van der Waals surface area contributed by atoms with Gasteiger partial charge in [-0.25, -0.2) is 4.68 Å². The van der Waals surface area contributed by atoms with Gasteiger partial charge in [-0.05, 0) is 44.7 Å². The molecule has 2 heterocycles. The van der Waals surface area contributed by atoms with E-state index in [4.69, 9.17) is 5.10 Å². The number of amides is 2. The molecule has 0 unspecified atom stereocenters. The van der Waals surface area contributed by atoms with E-state index in [0.29, 0.717) is 31.9 Å². The zero-order valence-corrected chi connectivity index (χ0v) is 18.2. The predicted octanol–water partition coefficient (Wildman–Crippen LogP) is 1.91. The van der Waals surface area contributed by atoms with Gasteiger partial charge in [0.1, 0.15) is 0 Å². The summed E-state index contributed by atoms with van der Waals surface area (Å²) < 4.78 is 1.97. The minimum absolute atomic E-state index is 0.0276. The van der Waals surface area contributed by atoms with Crippen molar-refractivity contribution in [1.29, 1.82) is 0 Å². The van der Waals surface area contributed by atoms with Gasteiger partial charge in [0.2, 0.25) is 5.91 Å². The molecule has 0 radical (unpaired) electrons. The number of carbonyl (C=O) groups is 2. The Morgan fingerprint density at radius 3 is 2.50 bits per heavy atom. The van der Waals surface area contributed by atoms with Crippen LogP contribution in [0.3, 0.4) is 0 Å². The van der Waals surface area contributed by atoms with Gasteiger partial charge in [0.05, 0.1) is 12.2 Å². The molecule has 1 saturated heterocycles. The lowest BCUT2D eigenvalue weighted by atomic mass is 10.1. The first kappa shape index (κ1) is 20.6. The monoisotopic (exact) mass is 409 g/mol. The molecule has 1 aromatic carbocycles. The van der Waals surface area contributed by atoms with Gasteiger partial charge >= 0.3 is 0 Å². The van der Waals surface area contributed by atoms with Gasteiger partial charge in [-0.3, -0.25) is 14.5 Å². The van der Waals surface area contributed by atoms with Crippen molar-refractivity contribution in [3.05, 3.63) is 46.8 Å².